The highest BCUT2D eigenvalue weighted by Gasteiger charge is 2.39. The third-order valence-corrected chi connectivity index (χ3v) is 8.73. The number of rotatable bonds is 22. The molecular formula is C37H53NO7P+. The van der Waals surface area contributed by atoms with Crippen molar-refractivity contribution in [3.05, 3.63) is 108 Å². The molecule has 0 aliphatic rings. The number of carbonyl (C=O) groups excluding carboxylic acids is 1. The van der Waals surface area contributed by atoms with Gasteiger partial charge in [-0.3, -0.25) is 13.8 Å². The van der Waals surface area contributed by atoms with Crippen LogP contribution < -0.4 is 0 Å². The van der Waals surface area contributed by atoms with E-state index in [1.54, 1.807) is 0 Å². The van der Waals surface area contributed by atoms with Crippen LogP contribution in [0.15, 0.2) is 91.0 Å². The van der Waals surface area contributed by atoms with E-state index in [4.69, 9.17) is 18.5 Å². The highest BCUT2D eigenvalue weighted by Crippen LogP contribution is 2.44. The predicted octanol–water partition coefficient (Wildman–Crippen LogP) is 7.89. The summed E-state index contributed by atoms with van der Waals surface area (Å²) < 4.78 is 36.7. The Morgan fingerprint density at radius 2 is 1.22 bits per heavy atom. The molecular weight excluding hydrogens is 601 g/mol. The molecule has 0 bridgehead atoms. The lowest BCUT2D eigenvalue weighted by Gasteiger charge is -2.37. The van der Waals surface area contributed by atoms with E-state index < -0.39 is 25.5 Å². The van der Waals surface area contributed by atoms with Crippen molar-refractivity contribution in [1.82, 2.24) is 0 Å². The molecule has 0 aliphatic carbocycles. The molecule has 0 saturated carbocycles. The van der Waals surface area contributed by atoms with E-state index in [1.165, 1.54) is 19.3 Å². The van der Waals surface area contributed by atoms with Crippen molar-refractivity contribution >= 4 is 13.8 Å². The summed E-state index contributed by atoms with van der Waals surface area (Å²) >= 11 is 0. The number of phosphoric acid groups is 1. The minimum atomic E-state index is -4.41. The first-order chi connectivity index (χ1) is 22.1. The molecule has 0 aromatic heterocycles. The van der Waals surface area contributed by atoms with Crippen molar-refractivity contribution in [2.75, 3.05) is 47.5 Å². The molecule has 0 heterocycles. The molecule has 2 atom stereocenters. The van der Waals surface area contributed by atoms with Crippen molar-refractivity contribution in [2.24, 2.45) is 0 Å². The SMILES string of the molecule is CCCCCCCCCC(=O)O[C@@H](COC(c1ccccc1)(c1ccccc1)c1ccccc1)COP(=O)(O)OCC[N+](C)(C)C. The summed E-state index contributed by atoms with van der Waals surface area (Å²) in [6.07, 6.45) is 6.82. The van der Waals surface area contributed by atoms with Crippen molar-refractivity contribution in [3.8, 4) is 0 Å². The van der Waals surface area contributed by atoms with Crippen molar-refractivity contribution in [3.63, 3.8) is 0 Å². The van der Waals surface area contributed by atoms with Crippen LogP contribution in [0.5, 0.6) is 0 Å². The molecule has 0 radical (unpaired) electrons. The Balaban J connectivity index is 1.82. The van der Waals surface area contributed by atoms with Gasteiger partial charge >= 0.3 is 13.8 Å². The Labute approximate surface area is 275 Å². The molecule has 3 rings (SSSR count). The van der Waals surface area contributed by atoms with Crippen molar-refractivity contribution < 1.29 is 37.3 Å². The smallest absolute Gasteiger partial charge is 0.457 e. The van der Waals surface area contributed by atoms with Gasteiger partial charge in [-0.25, -0.2) is 4.57 Å². The molecule has 0 spiro atoms. The van der Waals surface area contributed by atoms with Gasteiger partial charge in [0.2, 0.25) is 0 Å². The van der Waals surface area contributed by atoms with Gasteiger partial charge in [-0.15, -0.1) is 0 Å². The van der Waals surface area contributed by atoms with Gasteiger partial charge in [0.1, 0.15) is 24.9 Å². The molecule has 1 N–H and O–H groups in total. The molecule has 0 saturated heterocycles. The number of likely N-dealkylation sites (N-methyl/N-ethyl adjacent to an activating group) is 1. The van der Waals surface area contributed by atoms with Crippen LogP contribution >= 0.6 is 7.82 Å². The van der Waals surface area contributed by atoms with Crippen molar-refractivity contribution in [1.29, 1.82) is 0 Å². The average Bonchev–Trinajstić information content (AvgIpc) is 3.04. The number of phosphoric ester groups is 1. The molecule has 0 amide bonds. The molecule has 252 valence electrons. The van der Waals surface area contributed by atoms with Gasteiger partial charge in [-0.05, 0) is 23.1 Å². The van der Waals surface area contributed by atoms with E-state index in [0.717, 1.165) is 36.0 Å². The minimum absolute atomic E-state index is 0.0373. The number of esters is 1. The second-order valence-electron chi connectivity index (χ2n) is 12.7. The van der Waals surface area contributed by atoms with E-state index in [2.05, 4.69) is 6.92 Å². The maximum absolute atomic E-state index is 13.0. The van der Waals surface area contributed by atoms with E-state index in [1.807, 2.05) is 112 Å². The Kier molecular flexibility index (Phi) is 15.6. The maximum Gasteiger partial charge on any atom is 0.472 e. The molecule has 8 nitrogen and oxygen atoms in total. The normalized spacial score (nSPS) is 14.0. The van der Waals surface area contributed by atoms with Gasteiger partial charge in [0.25, 0.3) is 0 Å². The second-order valence-corrected chi connectivity index (χ2v) is 14.1. The number of hydrogen-bond acceptors (Lipinski definition) is 6. The van der Waals surface area contributed by atoms with E-state index in [9.17, 15) is 14.3 Å². The van der Waals surface area contributed by atoms with Crippen LogP contribution in [0.3, 0.4) is 0 Å². The Morgan fingerprint density at radius 3 is 1.70 bits per heavy atom. The van der Waals surface area contributed by atoms with Crippen LogP contribution in [0.2, 0.25) is 0 Å². The summed E-state index contributed by atoms with van der Waals surface area (Å²) in [5.74, 6) is -0.394. The fourth-order valence-electron chi connectivity index (χ4n) is 5.22. The zero-order chi connectivity index (χ0) is 33.3. The van der Waals surface area contributed by atoms with Gasteiger partial charge in [0.15, 0.2) is 0 Å². The van der Waals surface area contributed by atoms with Crippen LogP contribution in [0.1, 0.15) is 75.0 Å². The molecule has 0 aliphatic heterocycles. The summed E-state index contributed by atoms with van der Waals surface area (Å²) in [5, 5.41) is 0. The lowest BCUT2D eigenvalue weighted by molar-refractivity contribution is -0.870. The van der Waals surface area contributed by atoms with E-state index >= 15 is 0 Å². The number of nitrogens with zero attached hydrogens (tertiary/aromatic N) is 1. The van der Waals surface area contributed by atoms with Crippen LogP contribution in [-0.2, 0) is 33.5 Å². The summed E-state index contributed by atoms with van der Waals surface area (Å²) in [5.41, 5.74) is 1.60. The highest BCUT2D eigenvalue weighted by atomic mass is 31.2. The molecule has 9 heteroatoms. The number of ether oxygens (including phenoxy) is 2. The van der Waals surface area contributed by atoms with Crippen LogP contribution in [0, 0.1) is 0 Å². The quantitative estimate of drug-likeness (QED) is 0.0387. The van der Waals surface area contributed by atoms with Crippen LogP contribution in [-0.4, -0.2) is 69.0 Å². The number of hydrogen-bond donors (Lipinski definition) is 1. The van der Waals surface area contributed by atoms with E-state index in [0.29, 0.717) is 17.4 Å². The summed E-state index contributed by atoms with van der Waals surface area (Å²) in [7, 11) is 1.47. The molecule has 1 unspecified atom stereocenters. The Morgan fingerprint density at radius 1 is 0.739 bits per heavy atom. The molecule has 3 aromatic rings. The van der Waals surface area contributed by atoms with Crippen molar-refractivity contribution in [2.45, 2.75) is 70.0 Å². The minimum Gasteiger partial charge on any atom is -0.457 e. The fourth-order valence-corrected chi connectivity index (χ4v) is 5.96. The maximum atomic E-state index is 13.0. The standard InChI is InChI=1S/C37H52NO7P/c1-5-6-7-8-9-10-20-27-36(39)45-35(31-44-46(40,41)43-29-28-38(2,3)4)30-42-37(32-21-14-11-15-22-32,33-23-16-12-17-24-33)34-25-18-13-19-26-34/h11-19,21-26,35H,5-10,20,27-31H2,1-4H3/p+1/t35-/m0/s1. The second kappa shape index (κ2) is 19.1. The highest BCUT2D eigenvalue weighted by molar-refractivity contribution is 7.47. The first-order valence-electron chi connectivity index (χ1n) is 16.5. The van der Waals surface area contributed by atoms with Gasteiger partial charge in [0.05, 0.1) is 34.4 Å². The average molecular weight is 655 g/mol. The lowest BCUT2D eigenvalue weighted by atomic mass is 9.80. The molecule has 3 aromatic carbocycles. The number of carbonyl (C=O) groups is 1. The summed E-state index contributed by atoms with van der Waals surface area (Å²) in [4.78, 5) is 23.5. The monoisotopic (exact) mass is 654 g/mol. The Hall–Kier alpha value is -2.84. The van der Waals surface area contributed by atoms with Gasteiger partial charge in [-0.2, -0.15) is 0 Å². The predicted molar refractivity (Wildman–Crippen MR) is 182 cm³/mol. The first-order valence-corrected chi connectivity index (χ1v) is 18.0. The zero-order valence-electron chi connectivity index (χ0n) is 28.0. The fraction of sp³-hybridized carbons (Fsp3) is 0.486. The largest absolute Gasteiger partial charge is 0.472 e. The Bertz CT molecular complexity index is 1220. The van der Waals surface area contributed by atoms with E-state index in [-0.39, 0.29) is 26.2 Å². The summed E-state index contributed by atoms with van der Waals surface area (Å²) in [6, 6.07) is 29.6. The number of quaternary nitrogens is 1. The molecule has 0 fully saturated rings. The first kappa shape index (κ1) is 37.6. The topological polar surface area (TPSA) is 91.3 Å². The molecule has 46 heavy (non-hydrogen) atoms. The van der Waals surface area contributed by atoms with Gasteiger partial charge in [-0.1, -0.05) is 136 Å². The van der Waals surface area contributed by atoms with Gasteiger partial charge in [0, 0.05) is 6.42 Å². The zero-order valence-corrected chi connectivity index (χ0v) is 28.9. The third kappa shape index (κ3) is 12.7. The van der Waals surface area contributed by atoms with Gasteiger partial charge < -0.3 is 18.9 Å². The lowest BCUT2D eigenvalue weighted by Crippen LogP contribution is -2.38. The third-order valence-electron chi connectivity index (χ3n) is 7.75. The van der Waals surface area contributed by atoms with Crippen LogP contribution in [0.4, 0.5) is 0 Å². The summed E-state index contributed by atoms with van der Waals surface area (Å²) in [6.45, 7) is 2.28. The number of benzene rings is 3. The van der Waals surface area contributed by atoms with Crippen LogP contribution in [0.25, 0.3) is 0 Å². The number of unbranched alkanes of at least 4 members (excludes halogenated alkanes) is 6.